The van der Waals surface area contributed by atoms with Crippen LogP contribution in [0.15, 0.2) is 72.3 Å². The summed E-state index contributed by atoms with van der Waals surface area (Å²) in [7, 11) is 1.47. The summed E-state index contributed by atoms with van der Waals surface area (Å²) in [6.45, 7) is 2.29. The molecule has 0 bridgehead atoms. The molecular weight excluding hydrogens is 468 g/mol. The van der Waals surface area contributed by atoms with Gasteiger partial charge in [-0.3, -0.25) is 14.9 Å². The molecule has 0 saturated carbocycles. The average molecular weight is 491 g/mol. The van der Waals surface area contributed by atoms with E-state index in [4.69, 9.17) is 21.1 Å². The van der Waals surface area contributed by atoms with Crippen LogP contribution in [0.5, 0.6) is 11.5 Å². The first-order valence-electron chi connectivity index (χ1n) is 11.0. The van der Waals surface area contributed by atoms with Crippen LogP contribution in [0, 0.1) is 0 Å². The summed E-state index contributed by atoms with van der Waals surface area (Å²) in [5.41, 5.74) is 2.61. The molecule has 0 unspecified atom stereocenters. The van der Waals surface area contributed by atoms with Gasteiger partial charge < -0.3 is 9.47 Å². The van der Waals surface area contributed by atoms with Crippen LogP contribution in [0.1, 0.15) is 23.6 Å². The van der Waals surface area contributed by atoms with Gasteiger partial charge in [-0.2, -0.15) is 0 Å². The number of halogens is 1. The largest absolute Gasteiger partial charge is 0.493 e. The molecule has 4 rings (SSSR count). The number of barbiturate groups is 1. The number of nitrogens with zero attached hydrogens (tertiary/aromatic N) is 1. The van der Waals surface area contributed by atoms with Crippen molar-refractivity contribution in [3.63, 3.8) is 0 Å². The Kier molecular flexibility index (Phi) is 7.17. The Labute approximate surface area is 207 Å². The van der Waals surface area contributed by atoms with Crippen molar-refractivity contribution in [1.82, 2.24) is 5.32 Å². The Balaban J connectivity index is 1.63. The number of methoxy groups -OCH3 is 1. The third-order valence-electron chi connectivity index (χ3n) is 5.49. The van der Waals surface area contributed by atoms with Gasteiger partial charge in [0.1, 0.15) is 12.2 Å². The van der Waals surface area contributed by atoms with Crippen molar-refractivity contribution in [1.29, 1.82) is 0 Å². The summed E-state index contributed by atoms with van der Waals surface area (Å²) in [5.74, 6) is -0.845. The number of hydrogen-bond acceptors (Lipinski definition) is 5. The normalized spacial score (nSPS) is 14.8. The zero-order chi connectivity index (χ0) is 24.9. The van der Waals surface area contributed by atoms with Crippen LogP contribution in [0.2, 0.25) is 5.02 Å². The fourth-order valence-corrected chi connectivity index (χ4v) is 3.91. The number of aryl methyl sites for hydroxylation is 1. The quantitative estimate of drug-likeness (QED) is 0.365. The second-order valence-electron chi connectivity index (χ2n) is 7.79. The monoisotopic (exact) mass is 490 g/mol. The summed E-state index contributed by atoms with van der Waals surface area (Å²) in [4.78, 5) is 39.1. The van der Waals surface area contributed by atoms with E-state index in [-0.39, 0.29) is 17.2 Å². The SMILES string of the molecule is CCc1ccc(N2C(=O)NC(=O)/C(=C/c3cc(Cl)c(OCc4ccccc4)c(OC)c3)C2=O)cc1. The number of anilines is 1. The topological polar surface area (TPSA) is 84.9 Å². The Bertz CT molecular complexity index is 1300. The van der Waals surface area contributed by atoms with E-state index in [0.717, 1.165) is 22.4 Å². The maximum Gasteiger partial charge on any atom is 0.335 e. The molecule has 1 heterocycles. The molecule has 1 aliphatic rings. The molecular formula is C27H23ClN2O5. The molecule has 0 radical (unpaired) electrons. The zero-order valence-corrected chi connectivity index (χ0v) is 20.0. The van der Waals surface area contributed by atoms with Gasteiger partial charge in [0.15, 0.2) is 11.5 Å². The highest BCUT2D eigenvalue weighted by molar-refractivity contribution is 6.39. The van der Waals surface area contributed by atoms with Gasteiger partial charge in [-0.25, -0.2) is 9.69 Å². The number of ether oxygens (including phenoxy) is 2. The minimum atomic E-state index is -0.804. The van der Waals surface area contributed by atoms with Crippen molar-refractivity contribution < 1.29 is 23.9 Å². The van der Waals surface area contributed by atoms with Crippen LogP contribution < -0.4 is 19.7 Å². The maximum absolute atomic E-state index is 13.2. The van der Waals surface area contributed by atoms with Gasteiger partial charge in [0.05, 0.1) is 17.8 Å². The third-order valence-corrected chi connectivity index (χ3v) is 5.77. The smallest absolute Gasteiger partial charge is 0.335 e. The summed E-state index contributed by atoms with van der Waals surface area (Å²) in [6, 6.07) is 18.9. The van der Waals surface area contributed by atoms with Gasteiger partial charge in [0.25, 0.3) is 11.8 Å². The molecule has 0 aliphatic carbocycles. The first-order chi connectivity index (χ1) is 16.9. The summed E-state index contributed by atoms with van der Waals surface area (Å²) >= 11 is 6.46. The van der Waals surface area contributed by atoms with Gasteiger partial charge in [-0.05, 0) is 53.5 Å². The van der Waals surface area contributed by atoms with Gasteiger partial charge in [0, 0.05) is 0 Å². The number of imide groups is 2. The van der Waals surface area contributed by atoms with Crippen LogP contribution in [-0.4, -0.2) is 25.0 Å². The molecule has 1 fully saturated rings. The predicted octanol–water partition coefficient (Wildman–Crippen LogP) is 5.16. The highest BCUT2D eigenvalue weighted by atomic mass is 35.5. The van der Waals surface area contributed by atoms with Crippen LogP contribution in [-0.2, 0) is 22.6 Å². The fourth-order valence-electron chi connectivity index (χ4n) is 3.63. The number of carbonyl (C=O) groups excluding carboxylic acids is 3. The van der Waals surface area contributed by atoms with Crippen molar-refractivity contribution in [2.24, 2.45) is 0 Å². The van der Waals surface area contributed by atoms with E-state index in [1.165, 1.54) is 13.2 Å². The second kappa shape index (κ2) is 10.4. The lowest BCUT2D eigenvalue weighted by atomic mass is 10.1. The highest BCUT2D eigenvalue weighted by Crippen LogP contribution is 2.38. The minimum absolute atomic E-state index is 0.208. The first-order valence-corrected chi connectivity index (χ1v) is 11.3. The minimum Gasteiger partial charge on any atom is -0.493 e. The van der Waals surface area contributed by atoms with Crippen molar-refractivity contribution in [3.05, 3.63) is 94.0 Å². The number of carbonyl (C=O) groups is 3. The second-order valence-corrected chi connectivity index (χ2v) is 8.19. The van der Waals surface area contributed by atoms with E-state index >= 15 is 0 Å². The molecule has 1 N–H and O–H groups in total. The van der Waals surface area contributed by atoms with Crippen molar-refractivity contribution >= 4 is 41.2 Å². The lowest BCUT2D eigenvalue weighted by Crippen LogP contribution is -2.54. The van der Waals surface area contributed by atoms with Crippen LogP contribution in [0.4, 0.5) is 10.5 Å². The maximum atomic E-state index is 13.2. The average Bonchev–Trinajstić information content (AvgIpc) is 2.86. The third kappa shape index (κ3) is 5.20. The molecule has 3 aromatic rings. The molecule has 4 amide bonds. The number of rotatable bonds is 7. The van der Waals surface area contributed by atoms with E-state index < -0.39 is 17.8 Å². The number of benzene rings is 3. The molecule has 0 atom stereocenters. The van der Waals surface area contributed by atoms with E-state index in [1.54, 1.807) is 24.3 Å². The van der Waals surface area contributed by atoms with Crippen molar-refractivity contribution in [2.45, 2.75) is 20.0 Å². The molecule has 3 aromatic carbocycles. The van der Waals surface area contributed by atoms with Crippen LogP contribution >= 0.6 is 11.6 Å². The molecule has 8 heteroatoms. The number of nitrogens with one attached hydrogen (secondary N) is 1. The molecule has 1 aliphatic heterocycles. The zero-order valence-electron chi connectivity index (χ0n) is 19.2. The van der Waals surface area contributed by atoms with Crippen molar-refractivity contribution in [2.75, 3.05) is 12.0 Å². The first kappa shape index (κ1) is 24.0. The van der Waals surface area contributed by atoms with Crippen molar-refractivity contribution in [3.8, 4) is 11.5 Å². The van der Waals surface area contributed by atoms with Gasteiger partial charge in [-0.1, -0.05) is 61.0 Å². The number of amides is 4. The van der Waals surface area contributed by atoms with Gasteiger partial charge >= 0.3 is 6.03 Å². The highest BCUT2D eigenvalue weighted by Gasteiger charge is 2.36. The lowest BCUT2D eigenvalue weighted by molar-refractivity contribution is -0.122. The standard InChI is InChI=1S/C27H23ClN2O5/c1-3-17-9-11-20(12-10-17)30-26(32)21(25(31)29-27(30)33)13-19-14-22(28)24(23(15-19)34-2)35-16-18-7-5-4-6-8-18/h4-15H,3,16H2,1-2H3,(H,29,31,33)/b21-13-. The van der Waals surface area contributed by atoms with Crippen LogP contribution in [0.3, 0.4) is 0 Å². The summed E-state index contributed by atoms with van der Waals surface area (Å²) < 4.78 is 11.3. The Hall–Kier alpha value is -4.10. The van der Waals surface area contributed by atoms with Crippen LogP contribution in [0.25, 0.3) is 6.08 Å². The number of hydrogen-bond donors (Lipinski definition) is 1. The van der Waals surface area contributed by atoms with E-state index in [1.807, 2.05) is 49.4 Å². The number of urea groups is 1. The Morgan fingerprint density at radius 3 is 2.34 bits per heavy atom. The molecule has 1 saturated heterocycles. The van der Waals surface area contributed by atoms with E-state index in [0.29, 0.717) is 22.7 Å². The van der Waals surface area contributed by atoms with E-state index in [2.05, 4.69) is 5.32 Å². The Morgan fingerprint density at radius 2 is 1.69 bits per heavy atom. The molecule has 35 heavy (non-hydrogen) atoms. The summed E-state index contributed by atoms with van der Waals surface area (Å²) in [5, 5.41) is 2.47. The fraction of sp³-hybridized carbons (Fsp3) is 0.148. The van der Waals surface area contributed by atoms with E-state index in [9.17, 15) is 14.4 Å². The molecule has 0 aromatic heterocycles. The van der Waals surface area contributed by atoms with Gasteiger partial charge in [0.2, 0.25) is 0 Å². The summed E-state index contributed by atoms with van der Waals surface area (Å²) in [6.07, 6.45) is 2.19. The Morgan fingerprint density at radius 1 is 0.971 bits per heavy atom. The molecule has 7 nitrogen and oxygen atoms in total. The lowest BCUT2D eigenvalue weighted by Gasteiger charge is -2.26. The molecule has 178 valence electrons. The molecule has 0 spiro atoms. The predicted molar refractivity (Wildman–Crippen MR) is 134 cm³/mol. The van der Waals surface area contributed by atoms with Gasteiger partial charge in [-0.15, -0.1) is 0 Å².